The van der Waals surface area contributed by atoms with E-state index < -0.39 is 5.97 Å². The van der Waals surface area contributed by atoms with Crippen LogP contribution < -0.4 is 0 Å². The molecule has 1 N–H and O–H groups in total. The molecule has 0 unspecified atom stereocenters. The predicted molar refractivity (Wildman–Crippen MR) is 92.6 cm³/mol. The molecule has 130 valence electrons. The Hall–Kier alpha value is -1.84. The highest BCUT2D eigenvalue weighted by atomic mass is 16.4. The summed E-state index contributed by atoms with van der Waals surface area (Å²) in [6.07, 6.45) is 3.65. The van der Waals surface area contributed by atoms with Gasteiger partial charge in [0, 0.05) is 13.1 Å². The Balaban J connectivity index is 1.59. The second kappa shape index (κ2) is 6.96. The molecule has 2 aliphatic rings. The van der Waals surface area contributed by atoms with Gasteiger partial charge in [0.1, 0.15) is 0 Å². The number of carboxylic acids is 1. The van der Waals surface area contributed by atoms with E-state index in [9.17, 15) is 14.7 Å². The predicted octanol–water partition coefficient (Wildman–Crippen LogP) is 3.00. The van der Waals surface area contributed by atoms with Crippen molar-refractivity contribution in [1.82, 2.24) is 4.90 Å². The fraction of sp³-hybridized carbons (Fsp3) is 0.600. The van der Waals surface area contributed by atoms with Crippen molar-refractivity contribution in [2.75, 3.05) is 13.1 Å². The van der Waals surface area contributed by atoms with Gasteiger partial charge in [-0.3, -0.25) is 9.59 Å². The molecule has 0 radical (unpaired) electrons. The first-order valence-corrected chi connectivity index (χ1v) is 9.02. The number of carboxylic acid groups (broad SMARTS) is 1. The molecule has 1 aromatic carbocycles. The van der Waals surface area contributed by atoms with Crippen molar-refractivity contribution in [2.45, 2.75) is 39.5 Å². The molecule has 0 bridgehead atoms. The summed E-state index contributed by atoms with van der Waals surface area (Å²) < 4.78 is 0. The molecule has 4 nitrogen and oxygen atoms in total. The summed E-state index contributed by atoms with van der Waals surface area (Å²) in [6, 6.07) is 8.25. The maximum Gasteiger partial charge on any atom is 0.308 e. The fourth-order valence-corrected chi connectivity index (χ4v) is 3.85. The minimum Gasteiger partial charge on any atom is -0.481 e. The second-order valence-corrected chi connectivity index (χ2v) is 7.84. The van der Waals surface area contributed by atoms with Gasteiger partial charge in [-0.05, 0) is 48.1 Å². The number of likely N-dealkylation sites (tertiary alicyclic amines) is 1. The molecule has 1 aliphatic carbocycles. The van der Waals surface area contributed by atoms with E-state index >= 15 is 0 Å². The van der Waals surface area contributed by atoms with Crippen LogP contribution in [0.25, 0.3) is 0 Å². The average Bonchev–Trinajstić information content (AvgIpc) is 3.26. The van der Waals surface area contributed by atoms with E-state index in [1.807, 2.05) is 12.1 Å². The quantitative estimate of drug-likeness (QED) is 0.873. The van der Waals surface area contributed by atoms with Gasteiger partial charge in [-0.15, -0.1) is 0 Å². The Bertz CT molecular complexity index is 604. The lowest BCUT2D eigenvalue weighted by Crippen LogP contribution is -2.31. The molecule has 1 aromatic rings. The van der Waals surface area contributed by atoms with Crippen LogP contribution in [0.2, 0.25) is 0 Å². The van der Waals surface area contributed by atoms with Crippen molar-refractivity contribution >= 4 is 11.9 Å². The number of aliphatic carboxylic acids is 1. The molecule has 24 heavy (non-hydrogen) atoms. The molecule has 0 aromatic heterocycles. The highest BCUT2D eigenvalue weighted by Gasteiger charge is 2.46. The Morgan fingerprint density at radius 1 is 1.12 bits per heavy atom. The molecule has 1 heterocycles. The molecular weight excluding hydrogens is 302 g/mol. The molecule has 0 spiro atoms. The van der Waals surface area contributed by atoms with Gasteiger partial charge in [0.25, 0.3) is 0 Å². The van der Waals surface area contributed by atoms with Crippen LogP contribution in [0.4, 0.5) is 0 Å². The zero-order chi connectivity index (χ0) is 17.3. The highest BCUT2D eigenvalue weighted by Crippen LogP contribution is 2.44. The number of hydrogen-bond acceptors (Lipinski definition) is 2. The van der Waals surface area contributed by atoms with E-state index in [4.69, 9.17) is 0 Å². The van der Waals surface area contributed by atoms with Crippen LogP contribution in [0.3, 0.4) is 0 Å². The zero-order valence-corrected chi connectivity index (χ0v) is 14.6. The van der Waals surface area contributed by atoms with Gasteiger partial charge in [0.15, 0.2) is 0 Å². The van der Waals surface area contributed by atoms with Crippen molar-refractivity contribution in [1.29, 1.82) is 0 Å². The Morgan fingerprint density at radius 2 is 1.75 bits per heavy atom. The summed E-state index contributed by atoms with van der Waals surface area (Å²) in [5.74, 6) is 0.213. The maximum absolute atomic E-state index is 12.6. The minimum atomic E-state index is -0.750. The normalized spacial score (nSPS) is 23.7. The summed E-state index contributed by atoms with van der Waals surface area (Å²) in [7, 11) is 0. The average molecular weight is 329 g/mol. The standard InChI is InChI=1S/C20H27NO3/c1-13(2)9-14-3-5-15(6-4-14)10-19(22)21-11-17(16-7-8-16)18(12-21)20(23)24/h3-6,13,16-18H,7-12H2,1-2H3,(H,23,24)/t17-,18+/m1/s1. The molecule has 1 saturated heterocycles. The Kier molecular flexibility index (Phi) is 4.93. The topological polar surface area (TPSA) is 57.6 Å². The van der Waals surface area contributed by atoms with Crippen LogP contribution in [-0.2, 0) is 22.4 Å². The number of carbonyl (C=O) groups excluding carboxylic acids is 1. The molecule has 2 atom stereocenters. The van der Waals surface area contributed by atoms with Crippen molar-refractivity contribution in [2.24, 2.45) is 23.7 Å². The summed E-state index contributed by atoms with van der Waals surface area (Å²) in [6.45, 7) is 5.38. The van der Waals surface area contributed by atoms with Crippen molar-refractivity contribution in [3.8, 4) is 0 Å². The summed E-state index contributed by atoms with van der Waals surface area (Å²) >= 11 is 0. The van der Waals surface area contributed by atoms with Gasteiger partial charge >= 0.3 is 5.97 Å². The molecule has 1 aliphatic heterocycles. The summed E-state index contributed by atoms with van der Waals surface area (Å²) in [4.78, 5) is 25.8. The van der Waals surface area contributed by atoms with E-state index in [2.05, 4.69) is 26.0 Å². The minimum absolute atomic E-state index is 0.0565. The van der Waals surface area contributed by atoms with Crippen LogP contribution in [-0.4, -0.2) is 35.0 Å². The lowest BCUT2D eigenvalue weighted by molar-refractivity contribution is -0.142. The number of rotatable bonds is 6. The maximum atomic E-state index is 12.6. The lowest BCUT2D eigenvalue weighted by atomic mass is 9.92. The first-order valence-electron chi connectivity index (χ1n) is 9.02. The summed E-state index contributed by atoms with van der Waals surface area (Å²) in [5.41, 5.74) is 2.30. The smallest absolute Gasteiger partial charge is 0.308 e. The molecule has 1 amide bonds. The first kappa shape index (κ1) is 17.0. The van der Waals surface area contributed by atoms with Crippen molar-refractivity contribution in [3.63, 3.8) is 0 Å². The third kappa shape index (κ3) is 3.97. The number of hydrogen-bond donors (Lipinski definition) is 1. The van der Waals surface area contributed by atoms with Crippen molar-refractivity contribution in [3.05, 3.63) is 35.4 Å². The monoisotopic (exact) mass is 329 g/mol. The Morgan fingerprint density at radius 3 is 2.29 bits per heavy atom. The van der Waals surface area contributed by atoms with Crippen LogP contribution in [0.1, 0.15) is 37.8 Å². The third-order valence-corrected chi connectivity index (χ3v) is 5.28. The number of carbonyl (C=O) groups is 2. The lowest BCUT2D eigenvalue weighted by Gasteiger charge is -2.16. The third-order valence-electron chi connectivity index (χ3n) is 5.28. The Labute approximate surface area is 143 Å². The van der Waals surface area contributed by atoms with E-state index in [-0.39, 0.29) is 17.7 Å². The molecule has 1 saturated carbocycles. The van der Waals surface area contributed by atoms with Gasteiger partial charge in [0.2, 0.25) is 5.91 Å². The largest absolute Gasteiger partial charge is 0.481 e. The SMILES string of the molecule is CC(C)Cc1ccc(CC(=O)N2C[C@H](C(=O)O)[C@@H](C3CC3)C2)cc1. The van der Waals surface area contributed by atoms with Gasteiger partial charge in [-0.2, -0.15) is 0 Å². The number of nitrogens with zero attached hydrogens (tertiary/aromatic N) is 1. The molecular formula is C20H27NO3. The van der Waals surface area contributed by atoms with E-state index in [1.54, 1.807) is 4.90 Å². The van der Waals surface area contributed by atoms with Gasteiger partial charge in [-0.1, -0.05) is 38.1 Å². The van der Waals surface area contributed by atoms with E-state index in [0.29, 0.717) is 31.3 Å². The number of benzene rings is 1. The zero-order valence-electron chi connectivity index (χ0n) is 14.6. The van der Waals surface area contributed by atoms with Crippen molar-refractivity contribution < 1.29 is 14.7 Å². The van der Waals surface area contributed by atoms with Gasteiger partial charge in [-0.25, -0.2) is 0 Å². The van der Waals surface area contributed by atoms with Gasteiger partial charge in [0.05, 0.1) is 12.3 Å². The highest BCUT2D eigenvalue weighted by molar-refractivity contribution is 5.81. The molecule has 2 fully saturated rings. The van der Waals surface area contributed by atoms with E-state index in [1.165, 1.54) is 5.56 Å². The molecule has 4 heteroatoms. The van der Waals surface area contributed by atoms with Gasteiger partial charge < -0.3 is 10.0 Å². The fourth-order valence-electron chi connectivity index (χ4n) is 3.85. The van der Waals surface area contributed by atoms with E-state index in [0.717, 1.165) is 24.8 Å². The van der Waals surface area contributed by atoms with Crippen LogP contribution in [0.5, 0.6) is 0 Å². The van der Waals surface area contributed by atoms with Crippen LogP contribution in [0, 0.1) is 23.7 Å². The van der Waals surface area contributed by atoms with Crippen LogP contribution in [0.15, 0.2) is 24.3 Å². The van der Waals surface area contributed by atoms with Crippen LogP contribution >= 0.6 is 0 Å². The summed E-state index contributed by atoms with van der Waals surface area (Å²) in [5, 5.41) is 9.41. The molecule has 3 rings (SSSR count). The first-order chi connectivity index (χ1) is 11.4. The number of amides is 1. The second-order valence-electron chi connectivity index (χ2n) is 7.84.